The molecule has 2 rings (SSSR count). The Labute approximate surface area is 119 Å². The van der Waals surface area contributed by atoms with E-state index >= 15 is 0 Å². The smallest absolute Gasteiger partial charge is 0.175 e. The van der Waals surface area contributed by atoms with Crippen LogP contribution in [0, 0.1) is 9.39 Å². The summed E-state index contributed by atoms with van der Waals surface area (Å²) >= 11 is 2.03. The largest absolute Gasteiger partial charge is 0.493 e. The predicted octanol–water partition coefficient (Wildman–Crippen LogP) is 4.02. The molecule has 0 aromatic heterocycles. The summed E-state index contributed by atoms with van der Waals surface area (Å²) in [5, 5.41) is 0. The summed E-state index contributed by atoms with van der Waals surface area (Å²) in [6, 6.07) is 12.5. The third kappa shape index (κ3) is 3.13. The molecule has 0 saturated heterocycles. The minimum atomic E-state index is -0.330. The van der Waals surface area contributed by atoms with Crippen molar-refractivity contribution in [1.82, 2.24) is 0 Å². The normalized spacial score (nSPS) is 10.2. The van der Waals surface area contributed by atoms with Gasteiger partial charge in [-0.05, 0) is 34.2 Å². The van der Waals surface area contributed by atoms with Crippen LogP contribution in [-0.4, -0.2) is 7.11 Å². The van der Waals surface area contributed by atoms with Crippen LogP contribution in [0.1, 0.15) is 5.56 Å². The van der Waals surface area contributed by atoms with Gasteiger partial charge >= 0.3 is 0 Å². The average molecular weight is 358 g/mol. The molecule has 94 valence electrons. The van der Waals surface area contributed by atoms with Gasteiger partial charge < -0.3 is 9.47 Å². The van der Waals surface area contributed by atoms with Crippen LogP contribution in [-0.2, 0) is 6.61 Å². The third-order valence-corrected chi connectivity index (χ3v) is 3.22. The lowest BCUT2D eigenvalue weighted by molar-refractivity contribution is 0.281. The molecule has 0 aliphatic rings. The SMILES string of the molecule is COc1cc(F)cc(I)c1OCc1ccccc1. The fourth-order valence-corrected chi connectivity index (χ4v) is 2.28. The molecule has 2 aromatic carbocycles. The van der Waals surface area contributed by atoms with E-state index in [9.17, 15) is 4.39 Å². The van der Waals surface area contributed by atoms with Crippen LogP contribution in [0.2, 0.25) is 0 Å². The molecule has 0 heterocycles. The van der Waals surface area contributed by atoms with Crippen molar-refractivity contribution in [2.24, 2.45) is 0 Å². The first kappa shape index (κ1) is 13.1. The third-order valence-electron chi connectivity index (χ3n) is 2.42. The predicted molar refractivity (Wildman–Crippen MR) is 76.4 cm³/mol. The topological polar surface area (TPSA) is 18.5 Å². The molecule has 0 N–H and O–H groups in total. The summed E-state index contributed by atoms with van der Waals surface area (Å²) in [4.78, 5) is 0. The van der Waals surface area contributed by atoms with Gasteiger partial charge in [-0.2, -0.15) is 0 Å². The fourth-order valence-electron chi connectivity index (χ4n) is 1.56. The second-order valence-corrected chi connectivity index (χ2v) is 4.86. The van der Waals surface area contributed by atoms with Crippen molar-refractivity contribution in [3.63, 3.8) is 0 Å². The number of hydrogen-bond donors (Lipinski definition) is 0. The monoisotopic (exact) mass is 358 g/mol. The van der Waals surface area contributed by atoms with Gasteiger partial charge in [0.25, 0.3) is 0 Å². The maximum atomic E-state index is 13.2. The molecular weight excluding hydrogens is 346 g/mol. The Bertz CT molecular complexity index is 529. The first-order chi connectivity index (χ1) is 8.70. The highest BCUT2D eigenvalue weighted by atomic mass is 127. The minimum absolute atomic E-state index is 0.330. The Kier molecular flexibility index (Phi) is 4.41. The molecule has 2 nitrogen and oxygen atoms in total. The van der Waals surface area contributed by atoms with Gasteiger partial charge in [0.2, 0.25) is 0 Å². The molecule has 18 heavy (non-hydrogen) atoms. The number of rotatable bonds is 4. The Morgan fingerprint density at radius 3 is 2.56 bits per heavy atom. The van der Waals surface area contributed by atoms with Gasteiger partial charge in [-0.1, -0.05) is 30.3 Å². The molecule has 0 aliphatic carbocycles. The zero-order valence-corrected chi connectivity index (χ0v) is 12.0. The van der Waals surface area contributed by atoms with Crippen LogP contribution in [0.25, 0.3) is 0 Å². The van der Waals surface area contributed by atoms with Gasteiger partial charge in [-0.25, -0.2) is 4.39 Å². The molecule has 0 radical (unpaired) electrons. The lowest BCUT2D eigenvalue weighted by Crippen LogP contribution is -2.00. The summed E-state index contributed by atoms with van der Waals surface area (Å²) in [7, 11) is 1.50. The Hall–Kier alpha value is -1.30. The summed E-state index contributed by atoms with van der Waals surface area (Å²) < 4.78 is 24.7. The van der Waals surface area contributed by atoms with E-state index in [0.29, 0.717) is 21.7 Å². The second kappa shape index (κ2) is 6.04. The quantitative estimate of drug-likeness (QED) is 0.769. The molecule has 0 saturated carbocycles. The summed E-state index contributed by atoms with van der Waals surface area (Å²) in [5.41, 5.74) is 1.06. The number of halogens is 2. The van der Waals surface area contributed by atoms with Gasteiger partial charge in [0.15, 0.2) is 11.5 Å². The average Bonchev–Trinajstić information content (AvgIpc) is 2.38. The molecular formula is C14H12FIO2. The molecule has 0 unspecified atom stereocenters. The summed E-state index contributed by atoms with van der Waals surface area (Å²) in [6.07, 6.45) is 0. The van der Waals surface area contributed by atoms with Crippen LogP contribution in [0.5, 0.6) is 11.5 Å². The zero-order valence-electron chi connectivity index (χ0n) is 9.82. The summed E-state index contributed by atoms with van der Waals surface area (Å²) in [5.74, 6) is 0.655. The van der Waals surface area contributed by atoms with Crippen molar-refractivity contribution in [2.45, 2.75) is 6.61 Å². The zero-order chi connectivity index (χ0) is 13.0. The van der Waals surface area contributed by atoms with Crippen molar-refractivity contribution in [1.29, 1.82) is 0 Å². The first-order valence-electron chi connectivity index (χ1n) is 5.40. The summed E-state index contributed by atoms with van der Waals surface area (Å²) in [6.45, 7) is 0.429. The van der Waals surface area contributed by atoms with Gasteiger partial charge in [0, 0.05) is 6.07 Å². The highest BCUT2D eigenvalue weighted by Gasteiger charge is 2.11. The van der Waals surface area contributed by atoms with Gasteiger partial charge in [-0.3, -0.25) is 0 Å². The van der Waals surface area contributed by atoms with Crippen LogP contribution in [0.3, 0.4) is 0 Å². The molecule has 0 spiro atoms. The van der Waals surface area contributed by atoms with Crippen LogP contribution in [0.15, 0.2) is 42.5 Å². The number of hydrogen-bond acceptors (Lipinski definition) is 2. The van der Waals surface area contributed by atoms with Gasteiger partial charge in [0.05, 0.1) is 10.7 Å². The molecule has 0 aliphatic heterocycles. The molecule has 4 heteroatoms. The van der Waals surface area contributed by atoms with Crippen molar-refractivity contribution >= 4 is 22.6 Å². The van der Waals surface area contributed by atoms with E-state index in [4.69, 9.17) is 9.47 Å². The van der Waals surface area contributed by atoms with E-state index in [1.165, 1.54) is 19.2 Å². The number of benzene rings is 2. The minimum Gasteiger partial charge on any atom is -0.493 e. The highest BCUT2D eigenvalue weighted by molar-refractivity contribution is 14.1. The number of ether oxygens (including phenoxy) is 2. The fraction of sp³-hybridized carbons (Fsp3) is 0.143. The Morgan fingerprint density at radius 1 is 1.17 bits per heavy atom. The van der Waals surface area contributed by atoms with Crippen LogP contribution >= 0.6 is 22.6 Å². The van der Waals surface area contributed by atoms with E-state index in [2.05, 4.69) is 0 Å². The van der Waals surface area contributed by atoms with Crippen molar-refractivity contribution < 1.29 is 13.9 Å². The van der Waals surface area contributed by atoms with Crippen molar-refractivity contribution in [3.8, 4) is 11.5 Å². The van der Waals surface area contributed by atoms with Crippen LogP contribution < -0.4 is 9.47 Å². The maximum absolute atomic E-state index is 13.2. The molecule has 0 fully saturated rings. The van der Waals surface area contributed by atoms with E-state index in [1.807, 2.05) is 52.9 Å². The standard InChI is InChI=1S/C14H12FIO2/c1-17-13-8-11(15)7-12(16)14(13)18-9-10-5-3-2-4-6-10/h2-8H,9H2,1H3. The second-order valence-electron chi connectivity index (χ2n) is 3.69. The lowest BCUT2D eigenvalue weighted by Gasteiger charge is -2.12. The lowest BCUT2D eigenvalue weighted by atomic mass is 10.2. The number of methoxy groups -OCH3 is 1. The van der Waals surface area contributed by atoms with E-state index < -0.39 is 0 Å². The Morgan fingerprint density at radius 2 is 1.89 bits per heavy atom. The molecule has 2 aromatic rings. The van der Waals surface area contributed by atoms with E-state index in [1.54, 1.807) is 0 Å². The van der Waals surface area contributed by atoms with Crippen molar-refractivity contribution in [3.05, 3.63) is 57.4 Å². The highest BCUT2D eigenvalue weighted by Crippen LogP contribution is 2.33. The maximum Gasteiger partial charge on any atom is 0.175 e. The van der Waals surface area contributed by atoms with E-state index in [-0.39, 0.29) is 5.82 Å². The van der Waals surface area contributed by atoms with Crippen molar-refractivity contribution in [2.75, 3.05) is 7.11 Å². The van der Waals surface area contributed by atoms with E-state index in [0.717, 1.165) is 5.56 Å². The molecule has 0 bridgehead atoms. The molecule has 0 atom stereocenters. The van der Waals surface area contributed by atoms with Gasteiger partial charge in [0.1, 0.15) is 12.4 Å². The van der Waals surface area contributed by atoms with Gasteiger partial charge in [-0.15, -0.1) is 0 Å². The van der Waals surface area contributed by atoms with Crippen LogP contribution in [0.4, 0.5) is 4.39 Å². The molecule has 0 amide bonds. The Balaban J connectivity index is 2.19. The first-order valence-corrected chi connectivity index (χ1v) is 6.48.